The molecule has 0 unspecified atom stereocenters. The standard InChI is InChI=1S/C20H22N4O3/c25-18(17-5-1-2-9-22-17)23-16-12-20(27-14-16)6-10-24(11-7-20)19(26)15-4-3-8-21-13-15/h1-5,8-9,13,16H,6-7,10-12,14H2,(H,23,25)/t16-/m1/s1. The lowest BCUT2D eigenvalue weighted by atomic mass is 9.87. The number of piperidine rings is 1. The topological polar surface area (TPSA) is 84.4 Å². The second-order valence-electron chi connectivity index (χ2n) is 7.12. The van der Waals surface area contributed by atoms with Crippen molar-refractivity contribution in [3.63, 3.8) is 0 Å². The Hall–Kier alpha value is -2.80. The lowest BCUT2D eigenvalue weighted by Crippen LogP contribution is -2.47. The molecule has 2 saturated heterocycles. The summed E-state index contributed by atoms with van der Waals surface area (Å²) in [6.45, 7) is 1.79. The van der Waals surface area contributed by atoms with Gasteiger partial charge < -0.3 is 15.0 Å². The third-order valence-corrected chi connectivity index (χ3v) is 5.31. The van der Waals surface area contributed by atoms with E-state index in [0.717, 1.165) is 19.3 Å². The number of carbonyl (C=O) groups is 2. The second kappa shape index (κ2) is 7.44. The molecule has 1 spiro atoms. The van der Waals surface area contributed by atoms with Crippen LogP contribution in [0.2, 0.25) is 0 Å². The van der Waals surface area contributed by atoms with E-state index in [4.69, 9.17) is 4.74 Å². The van der Waals surface area contributed by atoms with Crippen LogP contribution in [0.1, 0.15) is 40.1 Å². The van der Waals surface area contributed by atoms with Crippen LogP contribution in [0.5, 0.6) is 0 Å². The molecule has 2 fully saturated rings. The average Bonchev–Trinajstić information content (AvgIpc) is 3.11. The van der Waals surface area contributed by atoms with Gasteiger partial charge in [-0.15, -0.1) is 0 Å². The van der Waals surface area contributed by atoms with E-state index in [2.05, 4.69) is 15.3 Å². The van der Waals surface area contributed by atoms with Crippen LogP contribution in [-0.2, 0) is 4.74 Å². The van der Waals surface area contributed by atoms with Crippen molar-refractivity contribution in [3.05, 3.63) is 60.2 Å². The number of ether oxygens (including phenoxy) is 1. The Morgan fingerprint density at radius 2 is 2.00 bits per heavy atom. The third kappa shape index (κ3) is 3.83. The maximum Gasteiger partial charge on any atom is 0.270 e. The van der Waals surface area contributed by atoms with Crippen molar-refractivity contribution in [3.8, 4) is 0 Å². The Morgan fingerprint density at radius 3 is 2.70 bits per heavy atom. The number of likely N-dealkylation sites (tertiary alicyclic amines) is 1. The molecule has 2 aromatic rings. The summed E-state index contributed by atoms with van der Waals surface area (Å²) in [6, 6.07) is 8.81. The molecule has 2 aliphatic heterocycles. The SMILES string of the molecule is O=C(N[C@H]1COC2(CCN(C(=O)c3cccnc3)CC2)C1)c1ccccn1. The summed E-state index contributed by atoms with van der Waals surface area (Å²) < 4.78 is 6.08. The molecule has 7 heteroatoms. The highest BCUT2D eigenvalue weighted by Gasteiger charge is 2.44. The van der Waals surface area contributed by atoms with Crippen molar-refractivity contribution in [2.75, 3.05) is 19.7 Å². The number of nitrogens with one attached hydrogen (secondary N) is 1. The quantitative estimate of drug-likeness (QED) is 0.893. The molecular formula is C20H22N4O3. The second-order valence-corrected chi connectivity index (χ2v) is 7.12. The molecule has 4 rings (SSSR count). The van der Waals surface area contributed by atoms with Crippen LogP contribution in [0.3, 0.4) is 0 Å². The molecule has 0 radical (unpaired) electrons. The smallest absolute Gasteiger partial charge is 0.270 e. The van der Waals surface area contributed by atoms with E-state index in [0.29, 0.717) is 31.0 Å². The van der Waals surface area contributed by atoms with Gasteiger partial charge in [0.15, 0.2) is 0 Å². The minimum absolute atomic E-state index is 0.0101. The van der Waals surface area contributed by atoms with Crippen molar-refractivity contribution < 1.29 is 14.3 Å². The van der Waals surface area contributed by atoms with Crippen LogP contribution in [0.4, 0.5) is 0 Å². The Morgan fingerprint density at radius 1 is 1.15 bits per heavy atom. The Balaban J connectivity index is 1.32. The van der Waals surface area contributed by atoms with Gasteiger partial charge in [0.1, 0.15) is 5.69 Å². The first kappa shape index (κ1) is 17.6. The van der Waals surface area contributed by atoms with Crippen molar-refractivity contribution in [1.29, 1.82) is 0 Å². The molecule has 0 aromatic carbocycles. The molecule has 1 N–H and O–H groups in total. The van der Waals surface area contributed by atoms with Crippen LogP contribution in [0.15, 0.2) is 48.9 Å². The van der Waals surface area contributed by atoms with Gasteiger partial charge in [-0.1, -0.05) is 6.07 Å². The molecule has 0 bridgehead atoms. The van der Waals surface area contributed by atoms with Gasteiger partial charge in [0.05, 0.1) is 23.8 Å². The van der Waals surface area contributed by atoms with E-state index in [9.17, 15) is 9.59 Å². The highest BCUT2D eigenvalue weighted by atomic mass is 16.5. The first-order chi connectivity index (χ1) is 13.2. The highest BCUT2D eigenvalue weighted by molar-refractivity contribution is 5.94. The zero-order chi connectivity index (χ0) is 18.7. The molecule has 1 atom stereocenters. The van der Waals surface area contributed by atoms with Gasteiger partial charge >= 0.3 is 0 Å². The van der Waals surface area contributed by atoms with Crippen molar-refractivity contribution in [2.45, 2.75) is 30.9 Å². The van der Waals surface area contributed by atoms with E-state index < -0.39 is 0 Å². The average molecular weight is 366 g/mol. The normalized spacial score (nSPS) is 21.2. The fraction of sp³-hybridized carbons (Fsp3) is 0.400. The summed E-state index contributed by atoms with van der Waals surface area (Å²) in [6.07, 6.45) is 7.18. The van der Waals surface area contributed by atoms with Crippen LogP contribution in [0, 0.1) is 0 Å². The molecule has 7 nitrogen and oxygen atoms in total. The fourth-order valence-corrected chi connectivity index (χ4v) is 3.83. The van der Waals surface area contributed by atoms with Crippen LogP contribution < -0.4 is 5.32 Å². The molecule has 140 valence electrons. The molecule has 2 aromatic heterocycles. The van der Waals surface area contributed by atoms with Gasteiger partial charge in [-0.3, -0.25) is 19.6 Å². The van der Waals surface area contributed by atoms with Gasteiger partial charge in [-0.25, -0.2) is 0 Å². The minimum Gasteiger partial charge on any atom is -0.373 e. The highest BCUT2D eigenvalue weighted by Crippen LogP contribution is 2.36. The number of hydrogen-bond acceptors (Lipinski definition) is 5. The summed E-state index contributed by atoms with van der Waals surface area (Å²) in [5.74, 6) is -0.165. The number of pyridine rings is 2. The van der Waals surface area contributed by atoms with Gasteiger partial charge in [0.2, 0.25) is 0 Å². The molecule has 4 heterocycles. The monoisotopic (exact) mass is 366 g/mol. The molecular weight excluding hydrogens is 344 g/mol. The predicted octanol–water partition coefficient (Wildman–Crippen LogP) is 1.67. The molecule has 27 heavy (non-hydrogen) atoms. The van der Waals surface area contributed by atoms with E-state index >= 15 is 0 Å². The van der Waals surface area contributed by atoms with Crippen LogP contribution in [0.25, 0.3) is 0 Å². The third-order valence-electron chi connectivity index (χ3n) is 5.31. The molecule has 2 amide bonds. The number of amides is 2. The van der Waals surface area contributed by atoms with Gasteiger partial charge in [0.25, 0.3) is 11.8 Å². The van der Waals surface area contributed by atoms with Crippen molar-refractivity contribution >= 4 is 11.8 Å². The van der Waals surface area contributed by atoms with Crippen molar-refractivity contribution in [1.82, 2.24) is 20.2 Å². The summed E-state index contributed by atoms with van der Waals surface area (Å²) in [7, 11) is 0. The Kier molecular flexibility index (Phi) is 4.85. The zero-order valence-corrected chi connectivity index (χ0v) is 15.0. The summed E-state index contributed by atoms with van der Waals surface area (Å²) >= 11 is 0. The minimum atomic E-state index is -0.256. The largest absolute Gasteiger partial charge is 0.373 e. The van der Waals surface area contributed by atoms with E-state index in [1.165, 1.54) is 0 Å². The summed E-state index contributed by atoms with van der Waals surface area (Å²) in [5.41, 5.74) is 0.768. The number of carbonyl (C=O) groups excluding carboxylic acids is 2. The van der Waals surface area contributed by atoms with E-state index in [-0.39, 0.29) is 23.5 Å². The fourth-order valence-electron chi connectivity index (χ4n) is 3.83. The van der Waals surface area contributed by atoms with Crippen LogP contribution >= 0.6 is 0 Å². The van der Waals surface area contributed by atoms with Gasteiger partial charge in [-0.05, 0) is 43.5 Å². The predicted molar refractivity (Wildman–Crippen MR) is 98.2 cm³/mol. The zero-order valence-electron chi connectivity index (χ0n) is 15.0. The first-order valence-corrected chi connectivity index (χ1v) is 9.20. The lowest BCUT2D eigenvalue weighted by Gasteiger charge is -2.38. The van der Waals surface area contributed by atoms with E-state index in [1.807, 2.05) is 4.90 Å². The summed E-state index contributed by atoms with van der Waals surface area (Å²) in [4.78, 5) is 34.8. The number of hydrogen-bond donors (Lipinski definition) is 1. The number of rotatable bonds is 3. The number of aromatic nitrogens is 2. The molecule has 0 saturated carbocycles. The van der Waals surface area contributed by atoms with E-state index in [1.54, 1.807) is 48.9 Å². The Bertz CT molecular complexity index is 804. The van der Waals surface area contributed by atoms with Crippen molar-refractivity contribution in [2.24, 2.45) is 0 Å². The van der Waals surface area contributed by atoms with Crippen LogP contribution in [-0.4, -0.2) is 58.0 Å². The summed E-state index contributed by atoms with van der Waals surface area (Å²) in [5, 5.41) is 3.01. The van der Waals surface area contributed by atoms with Gasteiger partial charge in [-0.2, -0.15) is 0 Å². The van der Waals surface area contributed by atoms with Gasteiger partial charge in [0, 0.05) is 31.7 Å². The molecule has 2 aliphatic rings. The molecule has 0 aliphatic carbocycles. The lowest BCUT2D eigenvalue weighted by molar-refractivity contribution is -0.0389. The maximum absolute atomic E-state index is 12.6. The Labute approximate surface area is 157 Å². The number of nitrogens with zero attached hydrogens (tertiary/aromatic N) is 3. The first-order valence-electron chi connectivity index (χ1n) is 9.20. The maximum atomic E-state index is 12.6.